The van der Waals surface area contributed by atoms with E-state index in [4.69, 9.17) is 23.7 Å². The van der Waals surface area contributed by atoms with E-state index in [1.807, 2.05) is 18.2 Å². The maximum atomic E-state index is 11.4. The van der Waals surface area contributed by atoms with E-state index < -0.39 is 11.7 Å². The van der Waals surface area contributed by atoms with E-state index in [9.17, 15) is 10.2 Å². The summed E-state index contributed by atoms with van der Waals surface area (Å²) in [7, 11) is 1.49. The highest BCUT2D eigenvalue weighted by molar-refractivity contribution is 5.46. The van der Waals surface area contributed by atoms with Crippen molar-refractivity contribution in [3.63, 3.8) is 0 Å². The highest BCUT2D eigenvalue weighted by atomic mass is 16.7. The second-order valence-electron chi connectivity index (χ2n) is 7.09. The molecule has 2 fully saturated rings. The van der Waals surface area contributed by atoms with Gasteiger partial charge in [-0.15, -0.1) is 0 Å². The van der Waals surface area contributed by atoms with Crippen LogP contribution in [0.15, 0.2) is 36.4 Å². The van der Waals surface area contributed by atoms with E-state index in [-0.39, 0.29) is 31.2 Å². The molecule has 0 radical (unpaired) electrons. The second kappa shape index (κ2) is 6.02. The molecule has 2 aromatic carbocycles. The van der Waals surface area contributed by atoms with Gasteiger partial charge in [-0.2, -0.15) is 0 Å². The normalized spacial score (nSPS) is 31.1. The molecule has 0 amide bonds. The van der Waals surface area contributed by atoms with Gasteiger partial charge in [0.1, 0.15) is 11.7 Å². The molecule has 2 N–H and O–H groups in total. The second-order valence-corrected chi connectivity index (χ2v) is 7.09. The van der Waals surface area contributed by atoms with Crippen LogP contribution in [0.5, 0.6) is 23.0 Å². The maximum Gasteiger partial charge on any atom is 0.231 e. The summed E-state index contributed by atoms with van der Waals surface area (Å²) in [6, 6.07) is 10.7. The highest BCUT2D eigenvalue weighted by Crippen LogP contribution is 2.54. The van der Waals surface area contributed by atoms with Crippen LogP contribution >= 0.6 is 0 Å². The Labute approximate surface area is 156 Å². The number of phenols is 1. The zero-order valence-electron chi connectivity index (χ0n) is 14.8. The van der Waals surface area contributed by atoms with Gasteiger partial charge in [0.25, 0.3) is 0 Å². The van der Waals surface area contributed by atoms with Gasteiger partial charge in [0, 0.05) is 5.92 Å². The van der Waals surface area contributed by atoms with E-state index in [2.05, 4.69) is 0 Å². The first kappa shape index (κ1) is 16.7. The number of rotatable bonds is 3. The third kappa shape index (κ3) is 2.46. The summed E-state index contributed by atoms with van der Waals surface area (Å²) >= 11 is 0. The van der Waals surface area contributed by atoms with Crippen molar-refractivity contribution >= 4 is 0 Å². The largest absolute Gasteiger partial charge is 0.504 e. The Morgan fingerprint density at radius 3 is 2.70 bits per heavy atom. The summed E-state index contributed by atoms with van der Waals surface area (Å²) in [4.78, 5) is 0. The Bertz CT molecular complexity index is 883. The smallest absolute Gasteiger partial charge is 0.231 e. The van der Waals surface area contributed by atoms with Crippen LogP contribution in [-0.2, 0) is 9.47 Å². The summed E-state index contributed by atoms with van der Waals surface area (Å²) in [6.07, 6.45) is -0.857. The fourth-order valence-electron chi connectivity index (χ4n) is 4.22. The molecule has 0 spiro atoms. The van der Waals surface area contributed by atoms with E-state index in [1.165, 1.54) is 7.11 Å². The molecule has 0 unspecified atom stereocenters. The van der Waals surface area contributed by atoms with Crippen LogP contribution < -0.4 is 14.2 Å². The van der Waals surface area contributed by atoms with Crippen molar-refractivity contribution < 1.29 is 33.9 Å². The molecule has 3 aliphatic rings. The van der Waals surface area contributed by atoms with Crippen LogP contribution in [0.1, 0.15) is 23.3 Å². The van der Waals surface area contributed by atoms with Gasteiger partial charge in [-0.25, -0.2) is 0 Å². The number of methoxy groups -OCH3 is 1. The van der Waals surface area contributed by atoms with Gasteiger partial charge in [0.15, 0.2) is 23.0 Å². The minimum Gasteiger partial charge on any atom is -0.504 e. The summed E-state index contributed by atoms with van der Waals surface area (Å²) in [6.45, 7) is 0.736. The quantitative estimate of drug-likeness (QED) is 0.855. The molecular weight excluding hydrogens is 352 g/mol. The van der Waals surface area contributed by atoms with Gasteiger partial charge in [0.05, 0.1) is 26.4 Å². The van der Waals surface area contributed by atoms with Crippen LogP contribution in [0.3, 0.4) is 0 Å². The predicted molar refractivity (Wildman–Crippen MR) is 93.0 cm³/mol. The van der Waals surface area contributed by atoms with E-state index in [0.29, 0.717) is 23.9 Å². The van der Waals surface area contributed by atoms with Gasteiger partial charge >= 0.3 is 0 Å². The predicted octanol–water partition coefficient (Wildman–Crippen LogP) is 2.32. The van der Waals surface area contributed by atoms with Crippen LogP contribution in [0, 0.1) is 5.92 Å². The molecule has 0 bridgehead atoms. The van der Waals surface area contributed by atoms with Gasteiger partial charge < -0.3 is 33.9 Å². The van der Waals surface area contributed by atoms with Crippen LogP contribution in [0.25, 0.3) is 0 Å². The van der Waals surface area contributed by atoms with E-state index >= 15 is 0 Å². The molecule has 7 heteroatoms. The molecule has 142 valence electrons. The molecule has 2 aromatic rings. The van der Waals surface area contributed by atoms with Crippen LogP contribution in [0.2, 0.25) is 0 Å². The summed E-state index contributed by atoms with van der Waals surface area (Å²) < 4.78 is 28.0. The molecule has 3 heterocycles. The summed E-state index contributed by atoms with van der Waals surface area (Å²) in [5, 5.41) is 21.2. The van der Waals surface area contributed by atoms with Crippen molar-refractivity contribution in [2.45, 2.75) is 17.8 Å². The van der Waals surface area contributed by atoms with E-state index in [0.717, 1.165) is 11.1 Å². The molecule has 2 saturated heterocycles. The number of phenolic OH excluding ortho intramolecular Hbond substituents is 1. The Morgan fingerprint density at radius 2 is 1.85 bits per heavy atom. The van der Waals surface area contributed by atoms with Gasteiger partial charge in [-0.05, 0) is 35.4 Å². The lowest BCUT2D eigenvalue weighted by Gasteiger charge is -2.27. The number of aromatic hydroxyl groups is 1. The molecule has 0 aromatic heterocycles. The third-order valence-electron chi connectivity index (χ3n) is 5.63. The summed E-state index contributed by atoms with van der Waals surface area (Å²) in [5.74, 6) is 1.56. The Balaban J connectivity index is 1.45. The third-order valence-corrected chi connectivity index (χ3v) is 5.63. The Morgan fingerprint density at radius 1 is 1.04 bits per heavy atom. The zero-order chi connectivity index (χ0) is 18.6. The minimum absolute atomic E-state index is 0.0451. The van der Waals surface area contributed by atoms with Crippen molar-refractivity contribution in [3.05, 3.63) is 47.5 Å². The van der Waals surface area contributed by atoms with Crippen LogP contribution in [-0.4, -0.2) is 42.9 Å². The molecule has 0 aliphatic carbocycles. The van der Waals surface area contributed by atoms with Crippen molar-refractivity contribution in [1.29, 1.82) is 0 Å². The topological polar surface area (TPSA) is 86.6 Å². The zero-order valence-corrected chi connectivity index (χ0v) is 14.8. The van der Waals surface area contributed by atoms with E-state index in [1.54, 1.807) is 18.2 Å². The molecule has 0 saturated carbocycles. The van der Waals surface area contributed by atoms with Gasteiger partial charge in [-0.3, -0.25) is 0 Å². The average Bonchev–Trinajstić information content (AvgIpc) is 3.35. The number of hydrogen-bond donors (Lipinski definition) is 2. The fourth-order valence-corrected chi connectivity index (χ4v) is 4.22. The number of hydrogen-bond acceptors (Lipinski definition) is 7. The Kier molecular flexibility index (Phi) is 3.72. The van der Waals surface area contributed by atoms with Crippen molar-refractivity contribution in [3.8, 4) is 23.0 Å². The minimum atomic E-state index is -1.16. The number of fused-ring (bicyclic) bond motifs is 2. The molecular formula is C20H20O7. The molecule has 7 nitrogen and oxygen atoms in total. The fraction of sp³-hybridized carbons (Fsp3) is 0.400. The van der Waals surface area contributed by atoms with Crippen LogP contribution in [0.4, 0.5) is 0 Å². The number of aliphatic hydroxyl groups is 1. The Hall–Kier alpha value is -2.48. The number of ether oxygens (including phenoxy) is 5. The first-order valence-electron chi connectivity index (χ1n) is 8.82. The van der Waals surface area contributed by atoms with Crippen molar-refractivity contribution in [1.82, 2.24) is 0 Å². The van der Waals surface area contributed by atoms with Gasteiger partial charge in [-0.1, -0.05) is 12.1 Å². The monoisotopic (exact) mass is 372 g/mol. The average molecular weight is 372 g/mol. The highest BCUT2D eigenvalue weighted by Gasteiger charge is 2.59. The standard InChI is InChI=1S/C20H20O7/c1-23-16-7-12(2-4-14(16)21)19-20(22)9-25-18(13(20)8-24-19)11-3-5-15-17(6-11)27-10-26-15/h2-7,13,18-19,21-22H,8-10H2,1H3/t13-,18-,19-,20-/m0/s1. The number of benzene rings is 2. The molecule has 4 atom stereocenters. The lowest BCUT2D eigenvalue weighted by Crippen LogP contribution is -2.39. The molecule has 27 heavy (non-hydrogen) atoms. The lowest BCUT2D eigenvalue weighted by atomic mass is 9.81. The SMILES string of the molecule is COc1cc([C@@H]2OC[C@H]3[C@H](c4ccc5c(c4)OCO5)OC[C@@]23O)ccc1O. The lowest BCUT2D eigenvalue weighted by molar-refractivity contribution is -0.0628. The molecule has 3 aliphatic heterocycles. The van der Waals surface area contributed by atoms with Crippen molar-refractivity contribution in [2.75, 3.05) is 27.1 Å². The maximum absolute atomic E-state index is 11.4. The first-order chi connectivity index (χ1) is 13.1. The first-order valence-corrected chi connectivity index (χ1v) is 8.82. The molecule has 5 rings (SSSR count). The van der Waals surface area contributed by atoms with Crippen molar-refractivity contribution in [2.24, 2.45) is 5.92 Å². The van der Waals surface area contributed by atoms with Gasteiger partial charge in [0.2, 0.25) is 6.79 Å². The summed E-state index contributed by atoms with van der Waals surface area (Å²) in [5.41, 5.74) is 0.500.